The summed E-state index contributed by atoms with van der Waals surface area (Å²) < 4.78 is 0. The van der Waals surface area contributed by atoms with Gasteiger partial charge in [-0.3, -0.25) is 4.79 Å². The molecule has 5 heteroatoms. The van der Waals surface area contributed by atoms with Crippen LogP contribution in [0.3, 0.4) is 0 Å². The first kappa shape index (κ1) is 35.7. The highest BCUT2D eigenvalue weighted by molar-refractivity contribution is 5.73. The Hall–Kier alpha value is -2.69. The third-order valence-electron chi connectivity index (χ3n) is 2.96. The Morgan fingerprint density at radius 2 is 1.10 bits per heavy atom. The van der Waals surface area contributed by atoms with Crippen molar-refractivity contribution in [3.8, 4) is 0 Å². The lowest BCUT2D eigenvalue weighted by atomic mass is 10.2. The molecule has 1 N–H and O–H groups in total. The molecule has 0 fully saturated rings. The molecule has 0 heterocycles. The monoisotopic (exact) mass is 433 g/mol. The second-order valence-electron chi connectivity index (χ2n) is 4.46. The molecule has 0 aliphatic heterocycles. The van der Waals surface area contributed by atoms with Gasteiger partial charge in [0.25, 0.3) is 0 Å². The molecule has 5 nitrogen and oxygen atoms in total. The zero-order valence-electron chi connectivity index (χ0n) is 21.8. The topological polar surface area (TPSA) is 65.3 Å². The highest BCUT2D eigenvalue weighted by Gasteiger charge is 2.08. The highest BCUT2D eigenvalue weighted by atomic mass is 16.4. The van der Waals surface area contributed by atoms with E-state index in [0.29, 0.717) is 6.54 Å². The van der Waals surface area contributed by atoms with Gasteiger partial charge in [0.05, 0.1) is 11.4 Å². The normalized spacial score (nSPS) is 8.23. The molecule has 0 saturated carbocycles. The van der Waals surface area contributed by atoms with Gasteiger partial charge >= 0.3 is 5.97 Å². The fraction of sp³-hybridized carbons (Fsp3) is 0.500. The minimum Gasteiger partial charge on any atom is -0.480 e. The number of anilines is 1. The first-order valence-electron chi connectivity index (χ1n) is 11.7. The van der Waals surface area contributed by atoms with Crippen LogP contribution in [-0.4, -0.2) is 24.2 Å². The van der Waals surface area contributed by atoms with E-state index in [-0.39, 0.29) is 6.54 Å². The van der Waals surface area contributed by atoms with E-state index in [9.17, 15) is 4.79 Å². The van der Waals surface area contributed by atoms with E-state index >= 15 is 0 Å². The van der Waals surface area contributed by atoms with Crippen LogP contribution in [0, 0.1) is 0 Å². The number of rotatable bonds is 6. The Morgan fingerprint density at radius 1 is 0.710 bits per heavy atom. The lowest BCUT2D eigenvalue weighted by Crippen LogP contribution is -2.29. The molecule has 2 aromatic carbocycles. The molecule has 0 bridgehead atoms. The zero-order valence-corrected chi connectivity index (χ0v) is 21.8. The van der Waals surface area contributed by atoms with Gasteiger partial charge in [0, 0.05) is 12.2 Å². The van der Waals surface area contributed by atoms with Gasteiger partial charge in [0.1, 0.15) is 6.54 Å². The fourth-order valence-electron chi connectivity index (χ4n) is 1.89. The van der Waals surface area contributed by atoms with E-state index in [0.717, 1.165) is 17.1 Å². The van der Waals surface area contributed by atoms with E-state index in [2.05, 4.69) is 10.2 Å². The van der Waals surface area contributed by atoms with Gasteiger partial charge in [-0.05, 0) is 43.3 Å². The van der Waals surface area contributed by atoms with Gasteiger partial charge in [-0.25, -0.2) is 0 Å². The predicted octanol–water partition coefficient (Wildman–Crippen LogP) is 9.14. The van der Waals surface area contributed by atoms with Crippen LogP contribution in [0.4, 0.5) is 17.1 Å². The molecule has 0 aliphatic rings. The molecular weight excluding hydrogens is 386 g/mol. The lowest BCUT2D eigenvalue weighted by Gasteiger charge is -2.20. The summed E-state index contributed by atoms with van der Waals surface area (Å²) in [6, 6.07) is 16.9. The lowest BCUT2D eigenvalue weighted by molar-refractivity contribution is -0.135. The second kappa shape index (κ2) is 29.5. The number of likely N-dealkylation sites (N-methyl/N-ethyl adjacent to an activating group) is 1. The van der Waals surface area contributed by atoms with Gasteiger partial charge in [-0.2, -0.15) is 10.2 Å². The molecule has 2 rings (SSSR count). The van der Waals surface area contributed by atoms with Crippen LogP contribution in [0.2, 0.25) is 0 Å². The third kappa shape index (κ3) is 19.0. The van der Waals surface area contributed by atoms with Crippen molar-refractivity contribution < 1.29 is 9.90 Å². The van der Waals surface area contributed by atoms with Crippen LogP contribution < -0.4 is 4.90 Å². The quantitative estimate of drug-likeness (QED) is 0.462. The van der Waals surface area contributed by atoms with Crippen molar-refractivity contribution in [3.63, 3.8) is 0 Å². The van der Waals surface area contributed by atoms with Crippen LogP contribution in [0.15, 0.2) is 64.8 Å². The van der Waals surface area contributed by atoms with Crippen LogP contribution in [0.25, 0.3) is 0 Å². The smallest absolute Gasteiger partial charge is 0.323 e. The maximum atomic E-state index is 10.8. The van der Waals surface area contributed by atoms with Crippen molar-refractivity contribution in [2.24, 2.45) is 10.2 Å². The summed E-state index contributed by atoms with van der Waals surface area (Å²) in [7, 11) is 0. The predicted molar refractivity (Wildman–Crippen MR) is 139 cm³/mol. The molecule has 0 aliphatic carbocycles. The minimum absolute atomic E-state index is 0.0125. The summed E-state index contributed by atoms with van der Waals surface area (Å²) in [4.78, 5) is 12.6. The molecule has 2 aromatic rings. The number of hydrogen-bond acceptors (Lipinski definition) is 4. The molecule has 31 heavy (non-hydrogen) atoms. The molecule has 0 aromatic heterocycles. The first-order chi connectivity index (χ1) is 15.2. The van der Waals surface area contributed by atoms with Gasteiger partial charge in [0.2, 0.25) is 0 Å². The molecule has 0 amide bonds. The molecule has 0 saturated heterocycles. The van der Waals surface area contributed by atoms with Crippen LogP contribution in [-0.2, 0) is 4.79 Å². The van der Waals surface area contributed by atoms with E-state index < -0.39 is 5.97 Å². The summed E-state index contributed by atoms with van der Waals surface area (Å²) >= 11 is 0. The maximum absolute atomic E-state index is 10.8. The number of azo groups is 1. The fourth-order valence-corrected chi connectivity index (χ4v) is 1.89. The number of carboxylic acid groups (broad SMARTS) is 1. The highest BCUT2D eigenvalue weighted by Crippen LogP contribution is 2.22. The van der Waals surface area contributed by atoms with E-state index in [1.807, 2.05) is 131 Å². The number of nitrogens with zero attached hydrogens (tertiary/aromatic N) is 3. The van der Waals surface area contributed by atoms with E-state index in [1.165, 1.54) is 0 Å². The number of carbonyl (C=O) groups is 1. The van der Waals surface area contributed by atoms with Crippen molar-refractivity contribution in [1.29, 1.82) is 0 Å². The van der Waals surface area contributed by atoms with Crippen molar-refractivity contribution in [1.82, 2.24) is 0 Å². The Bertz CT molecular complexity index is 612. The van der Waals surface area contributed by atoms with Crippen LogP contribution in [0.5, 0.6) is 0 Å². The third-order valence-corrected chi connectivity index (χ3v) is 2.96. The molecular formula is C26H47N3O2. The Labute approximate surface area is 192 Å². The van der Waals surface area contributed by atoms with E-state index in [4.69, 9.17) is 5.11 Å². The average molecular weight is 434 g/mol. The van der Waals surface area contributed by atoms with Crippen LogP contribution in [0.1, 0.15) is 76.2 Å². The molecule has 0 atom stereocenters. The standard InChI is InChI=1S/C16H17N3O2.5C2H6/c1-2-19(12-16(20)21)15-10-8-14(9-11-15)18-17-13-6-4-3-5-7-13;5*1-2/h3-11H,2,12H2,1H3,(H,20,21);5*1-2H3. The number of benzene rings is 2. The van der Waals surface area contributed by atoms with Crippen molar-refractivity contribution in [3.05, 3.63) is 54.6 Å². The first-order valence-corrected chi connectivity index (χ1v) is 11.7. The Kier molecular flexibility index (Phi) is 34.0. The van der Waals surface area contributed by atoms with Crippen LogP contribution >= 0.6 is 0 Å². The van der Waals surface area contributed by atoms with E-state index in [1.54, 1.807) is 4.90 Å². The SMILES string of the molecule is CC.CC.CC.CC.CC.CCN(CC(=O)O)c1ccc(N=Nc2ccccc2)cc1. The Balaban J connectivity index is -0.000000320. The van der Waals surface area contributed by atoms with Crippen molar-refractivity contribution in [2.75, 3.05) is 18.0 Å². The van der Waals surface area contributed by atoms with Crippen molar-refractivity contribution >= 4 is 23.0 Å². The van der Waals surface area contributed by atoms with Gasteiger partial charge in [-0.1, -0.05) is 87.4 Å². The largest absolute Gasteiger partial charge is 0.480 e. The van der Waals surface area contributed by atoms with Gasteiger partial charge in [-0.15, -0.1) is 0 Å². The Morgan fingerprint density at radius 3 is 1.45 bits per heavy atom. The number of hydrogen-bond donors (Lipinski definition) is 1. The zero-order chi connectivity index (χ0) is 25.1. The molecule has 0 spiro atoms. The number of aliphatic carboxylic acids is 1. The summed E-state index contributed by atoms with van der Waals surface area (Å²) in [5, 5.41) is 17.2. The molecule has 0 unspecified atom stereocenters. The molecule has 178 valence electrons. The molecule has 0 radical (unpaired) electrons. The minimum atomic E-state index is -0.843. The summed E-state index contributed by atoms with van der Waals surface area (Å²) in [6.45, 7) is 22.5. The summed E-state index contributed by atoms with van der Waals surface area (Å²) in [6.07, 6.45) is 0. The number of carboxylic acids is 1. The summed E-state index contributed by atoms with van der Waals surface area (Å²) in [5.41, 5.74) is 2.38. The average Bonchev–Trinajstić information content (AvgIpc) is 2.88. The second-order valence-corrected chi connectivity index (χ2v) is 4.46. The van der Waals surface area contributed by atoms with Crippen molar-refractivity contribution in [2.45, 2.75) is 76.2 Å². The van der Waals surface area contributed by atoms with Gasteiger partial charge in [0.15, 0.2) is 0 Å². The summed E-state index contributed by atoms with van der Waals surface area (Å²) in [5.74, 6) is -0.843. The van der Waals surface area contributed by atoms with Gasteiger partial charge < -0.3 is 10.0 Å². The maximum Gasteiger partial charge on any atom is 0.323 e.